The van der Waals surface area contributed by atoms with Crippen LogP contribution in [0.25, 0.3) is 0 Å². The summed E-state index contributed by atoms with van der Waals surface area (Å²) in [5, 5.41) is 10.2. The summed E-state index contributed by atoms with van der Waals surface area (Å²) in [6, 6.07) is 3.62. The molecular formula is C17H25NO4. The van der Waals surface area contributed by atoms with Gasteiger partial charge in [0.25, 0.3) is 5.91 Å². The van der Waals surface area contributed by atoms with Crippen LogP contribution in [0, 0.1) is 5.41 Å². The summed E-state index contributed by atoms with van der Waals surface area (Å²) in [4.78, 5) is 14.3. The fraction of sp³-hybridized carbons (Fsp3) is 0.706. The van der Waals surface area contributed by atoms with Crippen molar-refractivity contribution in [1.82, 2.24) is 4.90 Å². The molecule has 5 heteroatoms. The molecule has 0 unspecified atom stereocenters. The minimum atomic E-state index is -0.295. The third kappa shape index (κ3) is 2.46. The van der Waals surface area contributed by atoms with E-state index >= 15 is 0 Å². The molecule has 22 heavy (non-hydrogen) atoms. The number of nitrogens with zero attached hydrogens (tertiary/aromatic N) is 1. The maximum Gasteiger partial charge on any atom is 0.289 e. The summed E-state index contributed by atoms with van der Waals surface area (Å²) in [5.41, 5.74) is -0.148. The Labute approximate surface area is 131 Å². The molecule has 3 rings (SSSR count). The summed E-state index contributed by atoms with van der Waals surface area (Å²) in [7, 11) is 0. The van der Waals surface area contributed by atoms with Gasteiger partial charge in [0.05, 0.1) is 12.2 Å². The molecule has 0 bridgehead atoms. The van der Waals surface area contributed by atoms with Gasteiger partial charge in [0.15, 0.2) is 5.76 Å². The zero-order valence-electron chi connectivity index (χ0n) is 13.4. The molecule has 0 aromatic carbocycles. The molecule has 1 N–H and O–H groups in total. The largest absolute Gasteiger partial charge is 0.456 e. The molecule has 2 aliphatic rings. The predicted octanol–water partition coefficient (Wildman–Crippen LogP) is 2.23. The molecule has 5 nitrogen and oxygen atoms in total. The van der Waals surface area contributed by atoms with E-state index in [4.69, 9.17) is 9.15 Å². The van der Waals surface area contributed by atoms with Crippen LogP contribution in [0.1, 0.15) is 49.4 Å². The van der Waals surface area contributed by atoms with Gasteiger partial charge < -0.3 is 19.2 Å². The lowest BCUT2D eigenvalue weighted by Crippen LogP contribution is -2.62. The van der Waals surface area contributed by atoms with Gasteiger partial charge in [-0.3, -0.25) is 4.79 Å². The Kier molecular flexibility index (Phi) is 4.28. The standard InChI is InChI=1S/C17H25NO4/c1-3-12-5-6-13(22-12)16(20)18-9-7-17(8-10-18)14(19)11-15(17)21-4-2/h5-6,14-15,19H,3-4,7-11H2,1-2H3/t14-,15-/m1/s1. The fourth-order valence-electron chi connectivity index (χ4n) is 3.78. The molecule has 1 aromatic rings. The molecule has 1 aliphatic carbocycles. The van der Waals surface area contributed by atoms with Crippen LogP contribution in [0.4, 0.5) is 0 Å². The second-order valence-corrected chi connectivity index (χ2v) is 6.34. The van der Waals surface area contributed by atoms with Gasteiger partial charge in [0.1, 0.15) is 5.76 Å². The van der Waals surface area contributed by atoms with E-state index in [0.29, 0.717) is 25.5 Å². The Morgan fingerprint density at radius 1 is 1.41 bits per heavy atom. The number of furan rings is 1. The average molecular weight is 307 g/mol. The van der Waals surface area contributed by atoms with Crippen LogP contribution in [0.3, 0.4) is 0 Å². The van der Waals surface area contributed by atoms with E-state index in [1.165, 1.54) is 0 Å². The highest BCUT2D eigenvalue weighted by Gasteiger charge is 2.56. The van der Waals surface area contributed by atoms with Gasteiger partial charge in [-0.1, -0.05) is 6.92 Å². The van der Waals surface area contributed by atoms with Crippen LogP contribution in [0.15, 0.2) is 16.5 Å². The van der Waals surface area contributed by atoms with Crippen LogP contribution >= 0.6 is 0 Å². The minimum absolute atomic E-state index is 0.0451. The number of rotatable bonds is 4. The molecular weight excluding hydrogens is 282 g/mol. The van der Waals surface area contributed by atoms with Crippen molar-refractivity contribution < 1.29 is 19.1 Å². The first-order valence-corrected chi connectivity index (χ1v) is 8.28. The highest BCUT2D eigenvalue weighted by molar-refractivity contribution is 5.91. The Morgan fingerprint density at radius 3 is 2.68 bits per heavy atom. The number of ether oxygens (including phenoxy) is 1. The lowest BCUT2D eigenvalue weighted by atomic mass is 9.58. The summed E-state index contributed by atoms with van der Waals surface area (Å²) in [6.45, 7) is 5.97. The molecule has 2 fully saturated rings. The number of aliphatic hydroxyl groups excluding tert-OH is 1. The lowest BCUT2D eigenvalue weighted by Gasteiger charge is -2.56. The smallest absolute Gasteiger partial charge is 0.289 e. The SMILES string of the molecule is CCO[C@@H]1C[C@@H](O)C12CCN(C(=O)c1ccc(CC)o1)CC2. The van der Waals surface area contributed by atoms with E-state index in [1.807, 2.05) is 24.8 Å². The van der Waals surface area contributed by atoms with E-state index in [1.54, 1.807) is 6.07 Å². The first-order valence-electron chi connectivity index (χ1n) is 8.28. The number of aryl methyl sites for hydroxylation is 1. The zero-order valence-corrected chi connectivity index (χ0v) is 13.4. The van der Waals surface area contributed by atoms with E-state index in [9.17, 15) is 9.90 Å². The van der Waals surface area contributed by atoms with Crippen LogP contribution < -0.4 is 0 Å². The first kappa shape index (κ1) is 15.6. The van der Waals surface area contributed by atoms with Crippen molar-refractivity contribution in [2.24, 2.45) is 5.41 Å². The van der Waals surface area contributed by atoms with Crippen molar-refractivity contribution >= 4 is 5.91 Å². The van der Waals surface area contributed by atoms with E-state index in [2.05, 4.69) is 0 Å². The maximum atomic E-state index is 12.5. The number of amides is 1. The third-order valence-corrected chi connectivity index (χ3v) is 5.31. The number of carbonyl (C=O) groups excluding carboxylic acids is 1. The van der Waals surface area contributed by atoms with Gasteiger partial charge >= 0.3 is 0 Å². The summed E-state index contributed by atoms with van der Waals surface area (Å²) in [6.07, 6.45) is 2.95. The highest BCUT2D eigenvalue weighted by atomic mass is 16.5. The summed E-state index contributed by atoms with van der Waals surface area (Å²) >= 11 is 0. The number of likely N-dealkylation sites (tertiary alicyclic amines) is 1. The van der Waals surface area contributed by atoms with Crippen molar-refractivity contribution in [1.29, 1.82) is 0 Å². The molecule has 2 atom stereocenters. The zero-order chi connectivity index (χ0) is 15.7. The average Bonchev–Trinajstić information content (AvgIpc) is 3.03. The Morgan fingerprint density at radius 2 is 2.14 bits per heavy atom. The van der Waals surface area contributed by atoms with E-state index in [0.717, 1.165) is 31.4 Å². The Hall–Kier alpha value is -1.33. The Bertz CT molecular complexity index is 529. The molecule has 1 amide bonds. The maximum absolute atomic E-state index is 12.5. The number of hydrogen-bond acceptors (Lipinski definition) is 4. The molecule has 0 radical (unpaired) electrons. The van der Waals surface area contributed by atoms with Gasteiger partial charge in [-0.25, -0.2) is 0 Å². The number of piperidine rings is 1. The van der Waals surface area contributed by atoms with Crippen molar-refractivity contribution in [3.05, 3.63) is 23.7 Å². The minimum Gasteiger partial charge on any atom is -0.456 e. The second-order valence-electron chi connectivity index (χ2n) is 6.34. The predicted molar refractivity (Wildman–Crippen MR) is 81.7 cm³/mol. The van der Waals surface area contributed by atoms with Crippen molar-refractivity contribution in [2.45, 2.75) is 51.7 Å². The number of aliphatic hydroxyl groups is 1. The van der Waals surface area contributed by atoms with Crippen molar-refractivity contribution in [2.75, 3.05) is 19.7 Å². The molecule has 1 saturated carbocycles. The van der Waals surface area contributed by atoms with Crippen LogP contribution in [0.2, 0.25) is 0 Å². The van der Waals surface area contributed by atoms with Crippen molar-refractivity contribution in [3.63, 3.8) is 0 Å². The molecule has 122 valence electrons. The Balaban J connectivity index is 1.62. The van der Waals surface area contributed by atoms with Crippen molar-refractivity contribution in [3.8, 4) is 0 Å². The third-order valence-electron chi connectivity index (χ3n) is 5.31. The topological polar surface area (TPSA) is 62.9 Å². The second kappa shape index (κ2) is 6.05. The van der Waals surface area contributed by atoms with Gasteiger partial charge in [0, 0.05) is 38.0 Å². The number of carbonyl (C=O) groups is 1. The highest BCUT2D eigenvalue weighted by Crippen LogP contribution is 2.51. The molecule has 1 saturated heterocycles. The van der Waals surface area contributed by atoms with Gasteiger partial charge in [-0.2, -0.15) is 0 Å². The van der Waals surface area contributed by atoms with Gasteiger partial charge in [-0.05, 0) is 31.9 Å². The van der Waals surface area contributed by atoms with E-state index < -0.39 is 0 Å². The van der Waals surface area contributed by atoms with Gasteiger partial charge in [-0.15, -0.1) is 0 Å². The molecule has 2 heterocycles. The lowest BCUT2D eigenvalue weighted by molar-refractivity contribution is -0.207. The molecule has 1 aromatic heterocycles. The summed E-state index contributed by atoms with van der Waals surface area (Å²) < 4.78 is 11.3. The fourth-order valence-corrected chi connectivity index (χ4v) is 3.78. The van der Waals surface area contributed by atoms with Crippen LogP contribution in [-0.2, 0) is 11.2 Å². The monoisotopic (exact) mass is 307 g/mol. The van der Waals surface area contributed by atoms with Crippen LogP contribution in [0.5, 0.6) is 0 Å². The first-order chi connectivity index (χ1) is 10.6. The molecule has 1 spiro atoms. The van der Waals surface area contributed by atoms with Gasteiger partial charge in [0.2, 0.25) is 0 Å². The normalized spacial score (nSPS) is 27.0. The van der Waals surface area contributed by atoms with E-state index in [-0.39, 0.29) is 23.5 Å². The van der Waals surface area contributed by atoms with Crippen LogP contribution in [-0.4, -0.2) is 47.8 Å². The number of hydrogen-bond donors (Lipinski definition) is 1. The quantitative estimate of drug-likeness (QED) is 0.926. The summed E-state index contributed by atoms with van der Waals surface area (Å²) in [5.74, 6) is 1.21. The molecule has 1 aliphatic heterocycles.